The van der Waals surface area contributed by atoms with Crippen molar-refractivity contribution in [1.29, 1.82) is 0 Å². The average Bonchev–Trinajstić information content (AvgIpc) is 3.01. The number of halogens is 1. The highest BCUT2D eigenvalue weighted by molar-refractivity contribution is 5.98. The minimum absolute atomic E-state index is 0.319. The summed E-state index contributed by atoms with van der Waals surface area (Å²) >= 11 is 0. The molecule has 30 heavy (non-hydrogen) atoms. The second-order valence-electron chi connectivity index (χ2n) is 7.10. The Labute approximate surface area is 174 Å². The molecule has 1 heterocycles. The first-order valence-corrected chi connectivity index (χ1v) is 9.40. The highest BCUT2D eigenvalue weighted by Gasteiger charge is 2.30. The molecule has 0 aliphatic rings. The zero-order valence-electron chi connectivity index (χ0n) is 17.3. The summed E-state index contributed by atoms with van der Waals surface area (Å²) < 4.78 is 20.9. The Morgan fingerprint density at radius 3 is 2.43 bits per heavy atom. The number of aryl methyl sites for hydroxylation is 1. The largest absolute Gasteiger partial charge is 0.497 e. The summed E-state index contributed by atoms with van der Waals surface area (Å²) in [6, 6.07) is 13.7. The maximum absolute atomic E-state index is 13.7. The molecule has 3 aromatic rings. The molecule has 0 fully saturated rings. The number of nitrogens with two attached hydrogens (primary N) is 1. The first kappa shape index (κ1) is 21.1. The van der Waals surface area contributed by atoms with Gasteiger partial charge in [0.2, 0.25) is 5.91 Å². The molecule has 156 valence electrons. The van der Waals surface area contributed by atoms with E-state index in [0.29, 0.717) is 22.6 Å². The Kier molecular flexibility index (Phi) is 5.91. The van der Waals surface area contributed by atoms with E-state index in [-0.39, 0.29) is 5.91 Å². The molecule has 1 atom stereocenters. The van der Waals surface area contributed by atoms with Gasteiger partial charge < -0.3 is 19.9 Å². The Balaban J connectivity index is 2.01. The number of ether oxygens (including phenoxy) is 1. The van der Waals surface area contributed by atoms with Crippen molar-refractivity contribution >= 4 is 11.8 Å². The van der Waals surface area contributed by atoms with Crippen LogP contribution in [0.2, 0.25) is 0 Å². The van der Waals surface area contributed by atoms with Crippen molar-refractivity contribution in [2.24, 2.45) is 5.73 Å². The predicted molar refractivity (Wildman–Crippen MR) is 112 cm³/mol. The van der Waals surface area contributed by atoms with Gasteiger partial charge in [0.15, 0.2) is 0 Å². The zero-order valence-corrected chi connectivity index (χ0v) is 17.3. The lowest BCUT2D eigenvalue weighted by Crippen LogP contribution is -2.39. The fourth-order valence-electron chi connectivity index (χ4n) is 3.69. The van der Waals surface area contributed by atoms with Crippen molar-refractivity contribution in [3.8, 4) is 11.4 Å². The molecule has 3 rings (SSSR count). The summed E-state index contributed by atoms with van der Waals surface area (Å²) in [6.45, 7) is 3.72. The van der Waals surface area contributed by atoms with Gasteiger partial charge in [0.1, 0.15) is 17.6 Å². The van der Waals surface area contributed by atoms with Gasteiger partial charge in [-0.15, -0.1) is 0 Å². The van der Waals surface area contributed by atoms with Crippen LogP contribution in [0.15, 0.2) is 54.6 Å². The smallest absolute Gasteiger partial charge is 0.256 e. The van der Waals surface area contributed by atoms with Crippen molar-refractivity contribution in [2.75, 3.05) is 14.2 Å². The van der Waals surface area contributed by atoms with E-state index in [2.05, 4.69) is 0 Å². The normalized spacial score (nSPS) is 11.8. The molecule has 2 N–H and O–H groups in total. The number of hydrogen-bond acceptors (Lipinski definition) is 3. The summed E-state index contributed by atoms with van der Waals surface area (Å²) in [5.74, 6) is -0.927. The van der Waals surface area contributed by atoms with Crippen LogP contribution in [0.1, 0.15) is 33.4 Å². The second-order valence-corrected chi connectivity index (χ2v) is 7.10. The lowest BCUT2D eigenvalue weighted by Gasteiger charge is -2.26. The summed E-state index contributed by atoms with van der Waals surface area (Å²) in [5, 5.41) is 0. The van der Waals surface area contributed by atoms with Gasteiger partial charge in [-0.25, -0.2) is 4.39 Å². The molecule has 0 aliphatic carbocycles. The maximum atomic E-state index is 13.7. The van der Waals surface area contributed by atoms with Gasteiger partial charge in [0, 0.05) is 30.2 Å². The van der Waals surface area contributed by atoms with E-state index in [4.69, 9.17) is 10.5 Å². The van der Waals surface area contributed by atoms with Crippen LogP contribution >= 0.6 is 0 Å². The molecular formula is C23H24FN3O3. The van der Waals surface area contributed by atoms with Crippen molar-refractivity contribution < 1.29 is 18.7 Å². The zero-order chi connectivity index (χ0) is 22.0. The van der Waals surface area contributed by atoms with Crippen molar-refractivity contribution in [3.63, 3.8) is 0 Å². The first-order valence-electron chi connectivity index (χ1n) is 9.40. The minimum Gasteiger partial charge on any atom is -0.497 e. The van der Waals surface area contributed by atoms with Gasteiger partial charge in [0.25, 0.3) is 5.91 Å². The number of carbonyl (C=O) groups is 2. The SMILES string of the molecule is COc1cccc(-n2c(C)cc(C(=O)N(C)C(C(N)=O)c3cccc(F)c3)c2C)c1. The van der Waals surface area contributed by atoms with Gasteiger partial charge in [0.05, 0.1) is 12.7 Å². The molecule has 0 bridgehead atoms. The molecule has 6 nitrogen and oxygen atoms in total. The monoisotopic (exact) mass is 409 g/mol. The van der Waals surface area contributed by atoms with Crippen LogP contribution in [0.25, 0.3) is 5.69 Å². The Hall–Kier alpha value is -3.61. The minimum atomic E-state index is -1.09. The van der Waals surface area contributed by atoms with Gasteiger partial charge in [-0.05, 0) is 49.7 Å². The molecule has 0 saturated heterocycles. The number of likely N-dealkylation sites (N-methyl/N-ethyl adjacent to an activating group) is 1. The number of aromatic nitrogens is 1. The highest BCUT2D eigenvalue weighted by Crippen LogP contribution is 2.27. The number of amides is 2. The quantitative estimate of drug-likeness (QED) is 0.676. The number of methoxy groups -OCH3 is 1. The third-order valence-electron chi connectivity index (χ3n) is 5.11. The third-order valence-corrected chi connectivity index (χ3v) is 5.11. The molecule has 2 amide bonds. The Morgan fingerprint density at radius 1 is 1.10 bits per heavy atom. The van der Waals surface area contributed by atoms with E-state index in [1.807, 2.05) is 42.7 Å². The number of hydrogen-bond donors (Lipinski definition) is 1. The summed E-state index contributed by atoms with van der Waals surface area (Å²) in [6.07, 6.45) is 0. The second kappa shape index (κ2) is 8.41. The first-order chi connectivity index (χ1) is 14.2. The number of primary amides is 1. The van der Waals surface area contributed by atoms with E-state index in [9.17, 15) is 14.0 Å². The van der Waals surface area contributed by atoms with Gasteiger partial charge >= 0.3 is 0 Å². The molecule has 0 aliphatic heterocycles. The molecule has 1 unspecified atom stereocenters. The van der Waals surface area contributed by atoms with Crippen molar-refractivity contribution in [2.45, 2.75) is 19.9 Å². The predicted octanol–water partition coefficient (Wildman–Crippen LogP) is 3.54. The number of carbonyl (C=O) groups excluding carboxylic acids is 2. The van der Waals surface area contributed by atoms with Crippen molar-refractivity contribution in [3.05, 3.63) is 82.9 Å². The molecule has 0 radical (unpaired) electrons. The van der Waals surface area contributed by atoms with Crippen LogP contribution in [-0.4, -0.2) is 35.4 Å². The van der Waals surface area contributed by atoms with Crippen LogP contribution in [0.3, 0.4) is 0 Å². The van der Waals surface area contributed by atoms with Crippen molar-refractivity contribution in [1.82, 2.24) is 9.47 Å². The molecular weight excluding hydrogens is 385 g/mol. The van der Waals surface area contributed by atoms with E-state index < -0.39 is 17.8 Å². The van der Waals surface area contributed by atoms with Gasteiger partial charge in [-0.2, -0.15) is 0 Å². The van der Waals surface area contributed by atoms with E-state index in [0.717, 1.165) is 11.4 Å². The standard InChI is InChI=1S/C23H24FN3O3/c1-14-11-20(15(2)27(14)18-9-6-10-19(13-18)30-4)23(29)26(3)21(22(25)28)16-7-5-8-17(24)12-16/h5-13,21H,1-4H3,(H2,25,28). The average molecular weight is 409 g/mol. The van der Waals surface area contributed by atoms with Gasteiger partial charge in [-0.3, -0.25) is 9.59 Å². The Morgan fingerprint density at radius 2 is 1.80 bits per heavy atom. The molecule has 0 spiro atoms. The topological polar surface area (TPSA) is 77.6 Å². The van der Waals surface area contributed by atoms with Crippen LogP contribution < -0.4 is 10.5 Å². The molecule has 0 saturated carbocycles. The highest BCUT2D eigenvalue weighted by atomic mass is 19.1. The van der Waals surface area contributed by atoms with Crippen LogP contribution in [0, 0.1) is 19.7 Å². The summed E-state index contributed by atoms with van der Waals surface area (Å²) in [5.41, 5.74) is 8.71. The fraction of sp³-hybridized carbons (Fsp3) is 0.217. The van der Waals surface area contributed by atoms with Crippen LogP contribution in [0.4, 0.5) is 4.39 Å². The van der Waals surface area contributed by atoms with E-state index in [1.54, 1.807) is 19.2 Å². The lowest BCUT2D eigenvalue weighted by atomic mass is 10.0. The summed E-state index contributed by atoms with van der Waals surface area (Å²) in [4.78, 5) is 26.6. The van der Waals surface area contributed by atoms with E-state index in [1.165, 1.54) is 30.1 Å². The lowest BCUT2D eigenvalue weighted by molar-refractivity contribution is -0.122. The molecule has 1 aromatic heterocycles. The summed E-state index contributed by atoms with van der Waals surface area (Å²) in [7, 11) is 3.08. The molecule has 7 heteroatoms. The number of rotatable bonds is 6. The number of benzene rings is 2. The van der Waals surface area contributed by atoms with Gasteiger partial charge in [-0.1, -0.05) is 18.2 Å². The molecule has 2 aromatic carbocycles. The Bertz CT molecular complexity index is 1110. The maximum Gasteiger partial charge on any atom is 0.256 e. The fourth-order valence-corrected chi connectivity index (χ4v) is 3.69. The van der Waals surface area contributed by atoms with E-state index >= 15 is 0 Å². The van der Waals surface area contributed by atoms with Crippen LogP contribution in [-0.2, 0) is 4.79 Å². The third kappa shape index (κ3) is 3.91. The number of nitrogens with zero attached hydrogens (tertiary/aromatic N) is 2. The van der Waals surface area contributed by atoms with Crippen LogP contribution in [0.5, 0.6) is 5.75 Å².